The molecule has 3 aromatic rings. The molecule has 1 amide bonds. The molecule has 6 nitrogen and oxygen atoms in total. The smallest absolute Gasteiger partial charge is 0.263 e. The highest BCUT2D eigenvalue weighted by Gasteiger charge is 2.26. The highest BCUT2D eigenvalue weighted by molar-refractivity contribution is 7.19. The monoisotopic (exact) mass is 397 g/mol. The van der Waals surface area contributed by atoms with Crippen LogP contribution in [-0.4, -0.2) is 45.0 Å². The van der Waals surface area contributed by atoms with E-state index in [2.05, 4.69) is 58.5 Å². The van der Waals surface area contributed by atoms with Gasteiger partial charge in [0.15, 0.2) is 0 Å². The average Bonchev–Trinajstić information content (AvgIpc) is 3.41. The fourth-order valence-corrected chi connectivity index (χ4v) is 4.96. The van der Waals surface area contributed by atoms with Gasteiger partial charge in [-0.2, -0.15) is 0 Å². The quantitative estimate of drug-likeness (QED) is 0.687. The minimum absolute atomic E-state index is 0.0252. The molecule has 1 N–H and O–H groups in total. The van der Waals surface area contributed by atoms with Gasteiger partial charge in [0.25, 0.3) is 5.91 Å². The third-order valence-corrected chi connectivity index (χ3v) is 6.59. The third kappa shape index (κ3) is 3.56. The van der Waals surface area contributed by atoms with Crippen LogP contribution < -0.4 is 5.32 Å². The van der Waals surface area contributed by atoms with Gasteiger partial charge in [0, 0.05) is 18.2 Å². The Hall–Kier alpha value is -2.25. The number of carbonyl (C=O) groups is 1. The number of benzene rings is 1. The van der Waals surface area contributed by atoms with E-state index in [9.17, 15) is 4.79 Å². The lowest BCUT2D eigenvalue weighted by Gasteiger charge is -2.28. The maximum absolute atomic E-state index is 13.0. The Kier molecular flexibility index (Phi) is 5.46. The van der Waals surface area contributed by atoms with Crippen LogP contribution in [0.2, 0.25) is 0 Å². The van der Waals surface area contributed by atoms with E-state index >= 15 is 0 Å². The number of hydrogen-bond acceptors (Lipinski definition) is 5. The first-order valence-corrected chi connectivity index (χ1v) is 10.8. The lowest BCUT2D eigenvalue weighted by molar-refractivity contribution is 0.0941. The number of aryl methyl sites for hydroxylation is 1. The van der Waals surface area contributed by atoms with Gasteiger partial charge >= 0.3 is 0 Å². The summed E-state index contributed by atoms with van der Waals surface area (Å²) in [4.78, 5) is 17.0. The fraction of sp³-hybridized carbons (Fsp3) is 0.476. The molecule has 1 fully saturated rings. The molecule has 1 atom stereocenters. The zero-order valence-electron chi connectivity index (χ0n) is 16.7. The van der Waals surface area contributed by atoms with Gasteiger partial charge in [-0.15, -0.1) is 10.2 Å². The van der Waals surface area contributed by atoms with Crippen LogP contribution in [0.25, 0.3) is 4.96 Å². The third-order valence-electron chi connectivity index (χ3n) is 5.46. The molecule has 148 valence electrons. The van der Waals surface area contributed by atoms with Gasteiger partial charge in [-0.3, -0.25) is 14.1 Å². The van der Waals surface area contributed by atoms with E-state index in [1.54, 1.807) is 0 Å². The molecule has 0 aliphatic carbocycles. The molecule has 3 heterocycles. The van der Waals surface area contributed by atoms with Crippen molar-refractivity contribution in [3.05, 3.63) is 52.3 Å². The first-order chi connectivity index (χ1) is 13.6. The number of nitrogens with one attached hydrogen (secondary N) is 1. The number of likely N-dealkylation sites (tertiary alicyclic amines) is 1. The van der Waals surface area contributed by atoms with Crippen LogP contribution in [0.4, 0.5) is 0 Å². The fourth-order valence-electron chi connectivity index (χ4n) is 3.97. The Morgan fingerprint density at radius 1 is 1.18 bits per heavy atom. The Bertz CT molecular complexity index is 956. The zero-order chi connectivity index (χ0) is 19.7. The van der Waals surface area contributed by atoms with Crippen LogP contribution in [0.5, 0.6) is 0 Å². The van der Waals surface area contributed by atoms with Crippen LogP contribution in [0.15, 0.2) is 30.3 Å². The van der Waals surface area contributed by atoms with Gasteiger partial charge in [-0.1, -0.05) is 55.5 Å². The first-order valence-electron chi connectivity index (χ1n) is 9.98. The van der Waals surface area contributed by atoms with Crippen molar-refractivity contribution >= 4 is 22.2 Å². The lowest BCUT2D eigenvalue weighted by Crippen LogP contribution is -2.36. The number of thiazole rings is 1. The van der Waals surface area contributed by atoms with Crippen molar-refractivity contribution in [2.45, 2.75) is 45.6 Å². The van der Waals surface area contributed by atoms with Gasteiger partial charge in [0.05, 0.1) is 6.04 Å². The summed E-state index contributed by atoms with van der Waals surface area (Å²) in [5.41, 5.74) is 2.18. The van der Waals surface area contributed by atoms with Crippen LogP contribution in [0, 0.1) is 6.92 Å². The van der Waals surface area contributed by atoms with Crippen molar-refractivity contribution in [1.29, 1.82) is 0 Å². The zero-order valence-corrected chi connectivity index (χ0v) is 17.5. The van der Waals surface area contributed by atoms with E-state index in [1.807, 2.05) is 17.4 Å². The number of fused-ring (bicyclic) bond motifs is 1. The van der Waals surface area contributed by atoms with Gasteiger partial charge in [0.2, 0.25) is 4.96 Å². The van der Waals surface area contributed by atoms with Crippen molar-refractivity contribution in [3.8, 4) is 0 Å². The normalized spacial score (nSPS) is 16.1. The summed E-state index contributed by atoms with van der Waals surface area (Å²) in [7, 11) is 0. The second-order valence-electron chi connectivity index (χ2n) is 7.73. The van der Waals surface area contributed by atoms with Crippen molar-refractivity contribution < 1.29 is 4.79 Å². The van der Waals surface area contributed by atoms with Gasteiger partial charge < -0.3 is 5.32 Å². The van der Waals surface area contributed by atoms with E-state index in [4.69, 9.17) is 0 Å². The number of amides is 1. The second kappa shape index (κ2) is 8.01. The van der Waals surface area contributed by atoms with E-state index in [0.717, 1.165) is 34.4 Å². The number of hydrogen-bond donors (Lipinski definition) is 1. The number of nitrogens with zero attached hydrogens (tertiary/aromatic N) is 4. The molecule has 28 heavy (non-hydrogen) atoms. The number of carbonyl (C=O) groups excluding carboxylic acids is 1. The molecule has 1 aliphatic rings. The lowest BCUT2D eigenvalue weighted by atomic mass is 10.1. The van der Waals surface area contributed by atoms with E-state index in [0.29, 0.717) is 6.54 Å². The Morgan fingerprint density at radius 2 is 1.89 bits per heavy atom. The standard InChI is InChI=1S/C21H27N5OS/c1-14(2)19-23-24-21-26(19)15(3)18(28-21)20(27)22-13-17(25-11-7-8-12-25)16-9-5-4-6-10-16/h4-6,9-10,14,17H,7-8,11-13H2,1-3H3,(H,22,27). The summed E-state index contributed by atoms with van der Waals surface area (Å²) in [6.07, 6.45) is 2.45. The predicted molar refractivity (Wildman–Crippen MR) is 112 cm³/mol. The topological polar surface area (TPSA) is 62.5 Å². The summed E-state index contributed by atoms with van der Waals surface area (Å²) in [6.45, 7) is 8.94. The molecule has 0 bridgehead atoms. The number of aromatic nitrogens is 3. The molecular formula is C21H27N5OS. The number of rotatable bonds is 6. The summed E-state index contributed by atoms with van der Waals surface area (Å²) in [6, 6.07) is 10.7. The molecule has 0 spiro atoms. The van der Waals surface area contributed by atoms with Crippen molar-refractivity contribution in [2.75, 3.05) is 19.6 Å². The summed E-state index contributed by atoms with van der Waals surface area (Å²) in [5, 5.41) is 11.7. The van der Waals surface area contributed by atoms with Crippen LogP contribution in [-0.2, 0) is 0 Å². The van der Waals surface area contributed by atoms with E-state index < -0.39 is 0 Å². The molecule has 1 aliphatic heterocycles. The summed E-state index contributed by atoms with van der Waals surface area (Å²) < 4.78 is 2.01. The van der Waals surface area contributed by atoms with Gasteiger partial charge in [0.1, 0.15) is 10.7 Å². The van der Waals surface area contributed by atoms with Crippen LogP contribution in [0.3, 0.4) is 0 Å². The van der Waals surface area contributed by atoms with E-state index in [1.165, 1.54) is 29.7 Å². The van der Waals surface area contributed by atoms with Crippen LogP contribution >= 0.6 is 11.3 Å². The molecule has 4 rings (SSSR count). The van der Waals surface area contributed by atoms with Crippen molar-refractivity contribution in [2.24, 2.45) is 0 Å². The molecule has 0 radical (unpaired) electrons. The van der Waals surface area contributed by atoms with Crippen molar-refractivity contribution in [1.82, 2.24) is 24.8 Å². The minimum Gasteiger partial charge on any atom is -0.349 e. The molecular weight excluding hydrogens is 370 g/mol. The molecule has 1 aromatic carbocycles. The second-order valence-corrected chi connectivity index (χ2v) is 8.70. The highest BCUT2D eigenvalue weighted by atomic mass is 32.1. The summed E-state index contributed by atoms with van der Waals surface area (Å²) >= 11 is 1.41. The summed E-state index contributed by atoms with van der Waals surface area (Å²) in [5.74, 6) is 1.14. The molecule has 1 unspecified atom stereocenters. The Balaban J connectivity index is 1.54. The molecule has 2 aromatic heterocycles. The molecule has 1 saturated heterocycles. The maximum Gasteiger partial charge on any atom is 0.263 e. The molecule has 0 saturated carbocycles. The molecule has 7 heteroatoms. The predicted octanol–water partition coefficient (Wildman–Crippen LogP) is 3.79. The SMILES string of the molecule is Cc1c(C(=O)NCC(c2ccccc2)N2CCCC2)sc2nnc(C(C)C)n12. The van der Waals surface area contributed by atoms with Crippen molar-refractivity contribution in [3.63, 3.8) is 0 Å². The highest BCUT2D eigenvalue weighted by Crippen LogP contribution is 2.27. The average molecular weight is 398 g/mol. The van der Waals surface area contributed by atoms with Gasteiger partial charge in [-0.05, 0) is 38.4 Å². The maximum atomic E-state index is 13.0. The van der Waals surface area contributed by atoms with E-state index in [-0.39, 0.29) is 17.9 Å². The largest absolute Gasteiger partial charge is 0.349 e. The minimum atomic E-state index is -0.0252. The van der Waals surface area contributed by atoms with Gasteiger partial charge in [-0.25, -0.2) is 0 Å². The Labute approximate surface area is 169 Å². The van der Waals surface area contributed by atoms with Crippen LogP contribution in [0.1, 0.15) is 65.4 Å². The first kappa shape index (κ1) is 19.1. The Morgan fingerprint density at radius 3 is 2.57 bits per heavy atom.